The fraction of sp³-hybridized carbons (Fsp3) is 0.562. The van der Waals surface area contributed by atoms with Crippen molar-refractivity contribution in [1.82, 2.24) is 0 Å². The Kier molecular flexibility index (Phi) is 4.92. The average Bonchev–Trinajstić information content (AvgIpc) is 2.37. The van der Waals surface area contributed by atoms with Crippen LogP contribution in [0.2, 0.25) is 0 Å². The Hall–Kier alpha value is -0.960. The first-order valence-corrected chi connectivity index (χ1v) is 8.05. The maximum absolute atomic E-state index is 10.9. The molecule has 0 heterocycles. The van der Waals surface area contributed by atoms with Crippen molar-refractivity contribution in [2.45, 2.75) is 50.5 Å². The minimum atomic E-state index is -0.844. The first kappa shape index (κ1) is 14.4. The quantitative estimate of drug-likeness (QED) is 0.880. The summed E-state index contributed by atoms with van der Waals surface area (Å²) in [6, 6.07) is 5.47. The highest BCUT2D eigenvalue weighted by atomic mass is 32.2. The van der Waals surface area contributed by atoms with Crippen LogP contribution in [-0.4, -0.2) is 16.3 Å². The molecule has 0 aromatic heterocycles. The van der Waals surface area contributed by atoms with Crippen LogP contribution in [0, 0.1) is 12.8 Å². The highest BCUT2D eigenvalue weighted by molar-refractivity contribution is 7.99. The summed E-state index contributed by atoms with van der Waals surface area (Å²) >= 11 is 2.04. The number of carbonyl (C=O) groups is 1. The molecule has 1 saturated carbocycles. The van der Waals surface area contributed by atoms with Crippen molar-refractivity contribution in [2.75, 3.05) is 0 Å². The molecule has 104 valence electrons. The van der Waals surface area contributed by atoms with Crippen LogP contribution < -0.4 is 0 Å². The largest absolute Gasteiger partial charge is 0.478 e. The van der Waals surface area contributed by atoms with Gasteiger partial charge in [0.1, 0.15) is 0 Å². The molecule has 1 aliphatic rings. The first-order chi connectivity index (χ1) is 9.06. The third kappa shape index (κ3) is 4.00. The number of rotatable bonds is 4. The second-order valence-electron chi connectivity index (χ2n) is 5.65. The second kappa shape index (κ2) is 6.47. The fourth-order valence-electron chi connectivity index (χ4n) is 2.73. The summed E-state index contributed by atoms with van der Waals surface area (Å²) in [5.41, 5.74) is 2.75. The van der Waals surface area contributed by atoms with E-state index in [2.05, 4.69) is 6.92 Å². The zero-order chi connectivity index (χ0) is 13.8. The highest BCUT2D eigenvalue weighted by Crippen LogP contribution is 2.34. The smallest absolute Gasteiger partial charge is 0.335 e. The van der Waals surface area contributed by atoms with Gasteiger partial charge in [-0.3, -0.25) is 0 Å². The SMILES string of the molecule is Cc1cc(C(=O)O)ccc1CSC1CCCC(C)C1. The number of carboxylic acid groups (broad SMARTS) is 1. The summed E-state index contributed by atoms with van der Waals surface area (Å²) in [5.74, 6) is 1.02. The summed E-state index contributed by atoms with van der Waals surface area (Å²) in [4.78, 5) is 10.9. The number of thioether (sulfide) groups is 1. The second-order valence-corrected chi connectivity index (χ2v) is 6.94. The van der Waals surface area contributed by atoms with Crippen molar-refractivity contribution in [1.29, 1.82) is 0 Å². The molecule has 0 bridgehead atoms. The Morgan fingerprint density at radius 1 is 1.42 bits per heavy atom. The monoisotopic (exact) mass is 278 g/mol. The van der Waals surface area contributed by atoms with E-state index in [-0.39, 0.29) is 0 Å². The normalized spacial score (nSPS) is 23.3. The Morgan fingerprint density at radius 3 is 2.84 bits per heavy atom. The predicted molar refractivity (Wildman–Crippen MR) is 80.9 cm³/mol. The van der Waals surface area contributed by atoms with Crippen molar-refractivity contribution < 1.29 is 9.90 Å². The van der Waals surface area contributed by atoms with Crippen LogP contribution in [0.4, 0.5) is 0 Å². The van der Waals surface area contributed by atoms with Gasteiger partial charge in [-0.25, -0.2) is 4.79 Å². The lowest BCUT2D eigenvalue weighted by Crippen LogP contribution is -2.15. The maximum Gasteiger partial charge on any atom is 0.335 e. The van der Waals surface area contributed by atoms with Gasteiger partial charge in [0.15, 0.2) is 0 Å². The molecule has 0 spiro atoms. The minimum absolute atomic E-state index is 0.387. The topological polar surface area (TPSA) is 37.3 Å². The van der Waals surface area contributed by atoms with Crippen LogP contribution in [0.3, 0.4) is 0 Å². The van der Waals surface area contributed by atoms with Gasteiger partial charge in [-0.2, -0.15) is 11.8 Å². The number of aromatic carboxylic acids is 1. The molecule has 1 aromatic carbocycles. The van der Waals surface area contributed by atoms with Gasteiger partial charge >= 0.3 is 5.97 Å². The third-order valence-electron chi connectivity index (χ3n) is 3.95. The molecule has 0 aliphatic heterocycles. The Labute approximate surface area is 119 Å². The molecule has 2 rings (SSSR count). The van der Waals surface area contributed by atoms with E-state index in [1.54, 1.807) is 12.1 Å². The molecule has 3 heteroatoms. The Bertz CT molecular complexity index is 456. The number of hydrogen-bond donors (Lipinski definition) is 1. The summed E-state index contributed by atoms with van der Waals surface area (Å²) in [6.45, 7) is 4.35. The molecule has 0 saturated heterocycles. The van der Waals surface area contributed by atoms with E-state index in [0.29, 0.717) is 5.56 Å². The summed E-state index contributed by atoms with van der Waals surface area (Å²) in [6.07, 6.45) is 5.40. The molecule has 19 heavy (non-hydrogen) atoms. The van der Waals surface area contributed by atoms with Crippen molar-refractivity contribution in [3.63, 3.8) is 0 Å². The number of carboxylic acids is 1. The first-order valence-electron chi connectivity index (χ1n) is 7.00. The zero-order valence-corrected chi connectivity index (χ0v) is 12.5. The van der Waals surface area contributed by atoms with Gasteiger partial charge in [-0.15, -0.1) is 0 Å². The lowest BCUT2D eigenvalue weighted by Gasteiger charge is -2.26. The fourth-order valence-corrected chi connectivity index (χ4v) is 4.27. The van der Waals surface area contributed by atoms with E-state index >= 15 is 0 Å². The van der Waals surface area contributed by atoms with E-state index in [1.165, 1.54) is 31.2 Å². The van der Waals surface area contributed by atoms with E-state index in [9.17, 15) is 4.79 Å². The van der Waals surface area contributed by atoms with Crippen LogP contribution >= 0.6 is 11.8 Å². The van der Waals surface area contributed by atoms with Crippen molar-refractivity contribution in [3.8, 4) is 0 Å². The molecule has 2 nitrogen and oxygen atoms in total. The zero-order valence-electron chi connectivity index (χ0n) is 11.7. The Balaban J connectivity index is 1.94. The number of benzene rings is 1. The van der Waals surface area contributed by atoms with E-state index in [4.69, 9.17) is 5.11 Å². The van der Waals surface area contributed by atoms with Gasteiger partial charge in [-0.1, -0.05) is 25.8 Å². The molecule has 0 radical (unpaired) electrons. The highest BCUT2D eigenvalue weighted by Gasteiger charge is 2.19. The van der Waals surface area contributed by atoms with Gasteiger partial charge in [0.05, 0.1) is 5.56 Å². The van der Waals surface area contributed by atoms with E-state index in [1.807, 2.05) is 24.8 Å². The van der Waals surface area contributed by atoms with Gasteiger partial charge in [0, 0.05) is 11.0 Å². The average molecular weight is 278 g/mol. The van der Waals surface area contributed by atoms with Crippen molar-refractivity contribution >= 4 is 17.7 Å². The van der Waals surface area contributed by atoms with Crippen LogP contribution in [0.1, 0.15) is 54.1 Å². The minimum Gasteiger partial charge on any atom is -0.478 e. The third-order valence-corrected chi connectivity index (χ3v) is 5.33. The van der Waals surface area contributed by atoms with Crippen molar-refractivity contribution in [3.05, 3.63) is 34.9 Å². The lowest BCUT2D eigenvalue weighted by atomic mass is 9.91. The van der Waals surface area contributed by atoms with Crippen LogP contribution in [-0.2, 0) is 5.75 Å². The van der Waals surface area contributed by atoms with E-state index in [0.717, 1.165) is 22.5 Å². The van der Waals surface area contributed by atoms with Crippen molar-refractivity contribution in [2.24, 2.45) is 5.92 Å². The molecule has 1 fully saturated rings. The van der Waals surface area contributed by atoms with Gasteiger partial charge in [0.2, 0.25) is 0 Å². The van der Waals surface area contributed by atoms with Crippen LogP contribution in [0.15, 0.2) is 18.2 Å². The summed E-state index contributed by atoms with van der Waals surface area (Å²) < 4.78 is 0. The number of aryl methyl sites for hydroxylation is 1. The summed E-state index contributed by atoms with van der Waals surface area (Å²) in [7, 11) is 0. The molecule has 1 aliphatic carbocycles. The molecule has 2 atom stereocenters. The summed E-state index contributed by atoms with van der Waals surface area (Å²) in [5, 5.41) is 9.74. The van der Waals surface area contributed by atoms with Gasteiger partial charge in [-0.05, 0) is 48.9 Å². The predicted octanol–water partition coefficient (Wildman–Crippen LogP) is 4.51. The number of hydrogen-bond acceptors (Lipinski definition) is 2. The molecule has 0 amide bonds. The Morgan fingerprint density at radius 2 is 2.21 bits per heavy atom. The maximum atomic E-state index is 10.9. The van der Waals surface area contributed by atoms with E-state index < -0.39 is 5.97 Å². The molecular formula is C16H22O2S. The lowest BCUT2D eigenvalue weighted by molar-refractivity contribution is 0.0697. The molecule has 1 aromatic rings. The standard InChI is InChI=1S/C16H22O2S/c1-11-4-3-5-15(8-11)19-10-14-7-6-13(16(17)18)9-12(14)2/h6-7,9,11,15H,3-5,8,10H2,1-2H3,(H,17,18). The molecule has 1 N–H and O–H groups in total. The van der Waals surface area contributed by atoms with Gasteiger partial charge < -0.3 is 5.11 Å². The molecular weight excluding hydrogens is 256 g/mol. The van der Waals surface area contributed by atoms with Gasteiger partial charge in [0.25, 0.3) is 0 Å². The van der Waals surface area contributed by atoms with Crippen LogP contribution in [0.25, 0.3) is 0 Å². The molecule has 2 unspecified atom stereocenters. The van der Waals surface area contributed by atoms with Crippen LogP contribution in [0.5, 0.6) is 0 Å².